The number of carbonyl (C=O) groups is 1. The summed E-state index contributed by atoms with van der Waals surface area (Å²) >= 11 is 0. The Balaban J connectivity index is 1.81. The van der Waals surface area contributed by atoms with Crippen LogP contribution in [0, 0.1) is 0 Å². The number of carbonyl (C=O) groups excluding carboxylic acids is 1. The van der Waals surface area contributed by atoms with Crippen LogP contribution in [0.1, 0.15) is 21.8 Å². The molecule has 6 heteroatoms. The number of hydrogen-bond donors (Lipinski definition) is 0. The number of nitrogens with zero attached hydrogens (tertiary/aromatic N) is 4. The third-order valence-electron chi connectivity index (χ3n) is 2.77. The topological polar surface area (TPSA) is 72.1 Å². The van der Waals surface area contributed by atoms with Crippen LogP contribution in [0.4, 0.5) is 0 Å². The van der Waals surface area contributed by atoms with Crippen molar-refractivity contribution in [3.8, 4) is 0 Å². The Morgan fingerprint density at radius 2 is 2.29 bits per heavy atom. The Kier molecular flexibility index (Phi) is 2.32. The van der Waals surface area contributed by atoms with Crippen molar-refractivity contribution in [2.24, 2.45) is 0 Å². The Morgan fingerprint density at radius 1 is 1.35 bits per heavy atom. The number of hydrogen-bond acceptors (Lipinski definition) is 5. The molecule has 0 unspecified atom stereocenters. The van der Waals surface area contributed by atoms with Gasteiger partial charge >= 0.3 is 0 Å². The molecule has 0 spiro atoms. The average Bonchev–Trinajstić information content (AvgIpc) is 2.86. The van der Waals surface area contributed by atoms with Crippen LogP contribution in [0.5, 0.6) is 0 Å². The van der Waals surface area contributed by atoms with E-state index in [1.807, 2.05) is 0 Å². The standard InChI is InChI=1S/C11H10N4O2/c16-11(9-6-12-2-3-13-9)15-4-1-10-8(7-15)5-14-17-10/h2-3,5-6H,1,4,7H2. The van der Waals surface area contributed by atoms with E-state index < -0.39 is 0 Å². The average molecular weight is 230 g/mol. The summed E-state index contributed by atoms with van der Waals surface area (Å²) in [6.45, 7) is 1.14. The lowest BCUT2D eigenvalue weighted by Crippen LogP contribution is -2.35. The smallest absolute Gasteiger partial charge is 0.274 e. The zero-order chi connectivity index (χ0) is 11.7. The predicted octanol–water partition coefficient (Wildman–Crippen LogP) is 0.663. The predicted molar refractivity (Wildman–Crippen MR) is 57.0 cm³/mol. The highest BCUT2D eigenvalue weighted by Gasteiger charge is 2.24. The molecule has 0 fully saturated rings. The molecule has 6 nitrogen and oxygen atoms in total. The van der Waals surface area contributed by atoms with Crippen LogP contribution in [0.25, 0.3) is 0 Å². The van der Waals surface area contributed by atoms with Crippen LogP contribution in [-0.2, 0) is 13.0 Å². The summed E-state index contributed by atoms with van der Waals surface area (Å²) in [6, 6.07) is 0. The van der Waals surface area contributed by atoms with Gasteiger partial charge in [0.25, 0.3) is 5.91 Å². The lowest BCUT2D eigenvalue weighted by Gasteiger charge is -2.25. The van der Waals surface area contributed by atoms with Crippen molar-refractivity contribution >= 4 is 5.91 Å². The largest absolute Gasteiger partial charge is 0.361 e. The van der Waals surface area contributed by atoms with E-state index >= 15 is 0 Å². The van der Waals surface area contributed by atoms with Crippen LogP contribution in [-0.4, -0.2) is 32.5 Å². The number of fused-ring (bicyclic) bond motifs is 1. The van der Waals surface area contributed by atoms with Crippen LogP contribution >= 0.6 is 0 Å². The molecule has 0 atom stereocenters. The van der Waals surface area contributed by atoms with Crippen molar-refractivity contribution in [2.75, 3.05) is 6.54 Å². The molecule has 0 saturated carbocycles. The zero-order valence-electron chi connectivity index (χ0n) is 9.04. The monoisotopic (exact) mass is 230 g/mol. The molecule has 1 aliphatic heterocycles. The lowest BCUT2D eigenvalue weighted by molar-refractivity contribution is 0.0722. The van der Waals surface area contributed by atoms with Crippen molar-refractivity contribution in [2.45, 2.75) is 13.0 Å². The number of amides is 1. The van der Waals surface area contributed by atoms with Crippen LogP contribution < -0.4 is 0 Å². The maximum absolute atomic E-state index is 12.1. The molecule has 3 rings (SSSR count). The molecule has 1 amide bonds. The van der Waals surface area contributed by atoms with Crippen LogP contribution in [0.3, 0.4) is 0 Å². The van der Waals surface area contributed by atoms with E-state index in [1.165, 1.54) is 12.4 Å². The van der Waals surface area contributed by atoms with E-state index in [2.05, 4.69) is 15.1 Å². The molecule has 0 N–H and O–H groups in total. The first-order valence-corrected chi connectivity index (χ1v) is 5.32. The van der Waals surface area contributed by atoms with E-state index in [-0.39, 0.29) is 5.91 Å². The number of aromatic nitrogens is 3. The fourth-order valence-electron chi connectivity index (χ4n) is 1.89. The first-order chi connectivity index (χ1) is 8.34. The Labute approximate surface area is 97.3 Å². The summed E-state index contributed by atoms with van der Waals surface area (Å²) in [5.74, 6) is 0.762. The third kappa shape index (κ3) is 1.77. The minimum Gasteiger partial charge on any atom is -0.361 e. The highest BCUT2D eigenvalue weighted by Crippen LogP contribution is 2.19. The fraction of sp³-hybridized carbons (Fsp3) is 0.273. The molecule has 0 radical (unpaired) electrons. The van der Waals surface area contributed by atoms with E-state index in [0.717, 1.165) is 11.3 Å². The van der Waals surface area contributed by atoms with Gasteiger partial charge in [0.15, 0.2) is 0 Å². The summed E-state index contributed by atoms with van der Waals surface area (Å²) in [7, 11) is 0. The molecule has 0 bridgehead atoms. The van der Waals surface area contributed by atoms with E-state index in [0.29, 0.717) is 25.2 Å². The van der Waals surface area contributed by atoms with Gasteiger partial charge in [-0.1, -0.05) is 5.16 Å². The summed E-state index contributed by atoms with van der Waals surface area (Å²) in [5.41, 5.74) is 1.33. The van der Waals surface area contributed by atoms with Gasteiger partial charge in [-0.25, -0.2) is 4.98 Å². The van der Waals surface area contributed by atoms with E-state index in [1.54, 1.807) is 17.3 Å². The quantitative estimate of drug-likeness (QED) is 0.719. The SMILES string of the molecule is O=C(c1cnccn1)N1CCc2oncc2C1. The second kappa shape index (κ2) is 3.97. The summed E-state index contributed by atoms with van der Waals surface area (Å²) in [5, 5.41) is 3.73. The van der Waals surface area contributed by atoms with Crippen molar-refractivity contribution in [1.82, 2.24) is 20.0 Å². The van der Waals surface area contributed by atoms with Crippen molar-refractivity contribution in [3.05, 3.63) is 41.8 Å². The first-order valence-electron chi connectivity index (χ1n) is 5.32. The summed E-state index contributed by atoms with van der Waals surface area (Å²) < 4.78 is 5.07. The van der Waals surface area contributed by atoms with Gasteiger partial charge in [0.05, 0.1) is 18.9 Å². The maximum atomic E-state index is 12.1. The molecule has 1 aliphatic rings. The Bertz CT molecular complexity index is 537. The second-order valence-electron chi connectivity index (χ2n) is 3.84. The molecular formula is C11H10N4O2. The molecular weight excluding hydrogens is 220 g/mol. The molecule has 0 saturated heterocycles. The van der Waals surface area contributed by atoms with E-state index in [9.17, 15) is 4.79 Å². The molecule has 3 heterocycles. The molecule has 17 heavy (non-hydrogen) atoms. The summed E-state index contributed by atoms with van der Waals surface area (Å²) in [6.07, 6.45) is 6.89. The maximum Gasteiger partial charge on any atom is 0.274 e. The second-order valence-corrected chi connectivity index (χ2v) is 3.84. The van der Waals surface area contributed by atoms with Crippen LogP contribution in [0.2, 0.25) is 0 Å². The molecule has 2 aromatic rings. The zero-order valence-corrected chi connectivity index (χ0v) is 9.04. The molecule has 2 aromatic heterocycles. The first kappa shape index (κ1) is 9.95. The fourth-order valence-corrected chi connectivity index (χ4v) is 1.89. The van der Waals surface area contributed by atoms with E-state index in [4.69, 9.17) is 4.52 Å². The van der Waals surface area contributed by atoms with Gasteiger partial charge in [0, 0.05) is 30.9 Å². The lowest BCUT2D eigenvalue weighted by atomic mass is 10.1. The highest BCUT2D eigenvalue weighted by molar-refractivity contribution is 5.92. The minimum absolute atomic E-state index is 0.107. The molecule has 0 aliphatic carbocycles. The van der Waals surface area contributed by atoms with Gasteiger partial charge in [-0.3, -0.25) is 9.78 Å². The van der Waals surface area contributed by atoms with Crippen molar-refractivity contribution < 1.29 is 9.32 Å². The Morgan fingerprint density at radius 3 is 3.12 bits per heavy atom. The van der Waals surface area contributed by atoms with Crippen molar-refractivity contribution in [3.63, 3.8) is 0 Å². The molecule has 0 aromatic carbocycles. The Hall–Kier alpha value is -2.24. The minimum atomic E-state index is -0.107. The number of rotatable bonds is 1. The van der Waals surface area contributed by atoms with Crippen molar-refractivity contribution in [1.29, 1.82) is 0 Å². The normalized spacial score (nSPS) is 14.5. The highest BCUT2D eigenvalue weighted by atomic mass is 16.5. The van der Waals surface area contributed by atoms with Gasteiger partial charge < -0.3 is 9.42 Å². The molecule has 86 valence electrons. The third-order valence-corrected chi connectivity index (χ3v) is 2.77. The summed E-state index contributed by atoms with van der Waals surface area (Å²) in [4.78, 5) is 21.7. The van der Waals surface area contributed by atoms with Gasteiger partial charge in [-0.15, -0.1) is 0 Å². The van der Waals surface area contributed by atoms with Crippen LogP contribution in [0.15, 0.2) is 29.3 Å². The van der Waals surface area contributed by atoms with Gasteiger partial charge in [0.1, 0.15) is 11.5 Å². The van der Waals surface area contributed by atoms with Gasteiger partial charge in [-0.2, -0.15) is 0 Å². The van der Waals surface area contributed by atoms with Gasteiger partial charge in [-0.05, 0) is 0 Å². The van der Waals surface area contributed by atoms with Gasteiger partial charge in [0.2, 0.25) is 0 Å².